The average molecular weight is 352 g/mol. The molecular formula is C14H21N2NaO5S. The molecule has 1 N–H and O–H groups in total. The summed E-state index contributed by atoms with van der Waals surface area (Å²) in [5.74, 6) is -0.397. The van der Waals surface area contributed by atoms with E-state index in [0.29, 0.717) is 13.1 Å². The zero-order chi connectivity index (χ0) is 16.2. The van der Waals surface area contributed by atoms with Crippen LogP contribution in [0.2, 0.25) is 0 Å². The summed E-state index contributed by atoms with van der Waals surface area (Å²) in [5, 5.41) is 0. The van der Waals surface area contributed by atoms with E-state index in [1.54, 1.807) is 7.05 Å². The fourth-order valence-electron chi connectivity index (χ4n) is 2.35. The summed E-state index contributed by atoms with van der Waals surface area (Å²) in [4.78, 5) is 15.3. The molecule has 1 unspecified atom stereocenters. The van der Waals surface area contributed by atoms with Crippen molar-refractivity contribution >= 4 is 45.8 Å². The molecule has 0 aromatic heterocycles. The van der Waals surface area contributed by atoms with Crippen LogP contribution in [0.25, 0.3) is 0 Å². The van der Waals surface area contributed by atoms with Crippen molar-refractivity contribution in [2.45, 2.75) is 12.6 Å². The molecule has 1 amide bonds. The van der Waals surface area contributed by atoms with Gasteiger partial charge in [0.05, 0.1) is 5.75 Å². The third-order valence-electron chi connectivity index (χ3n) is 3.64. The van der Waals surface area contributed by atoms with Crippen LogP contribution in [0.3, 0.4) is 0 Å². The Balaban J connectivity index is 0.00000264. The van der Waals surface area contributed by atoms with Crippen molar-refractivity contribution in [2.75, 3.05) is 32.4 Å². The fourth-order valence-corrected chi connectivity index (χ4v) is 3.19. The van der Waals surface area contributed by atoms with Crippen molar-refractivity contribution in [3.05, 3.63) is 35.9 Å². The predicted octanol–water partition coefficient (Wildman–Crippen LogP) is 0.179. The molecule has 7 nitrogen and oxygen atoms in total. The van der Waals surface area contributed by atoms with Crippen molar-refractivity contribution in [1.82, 2.24) is 9.80 Å². The number of benzene rings is 1. The van der Waals surface area contributed by atoms with Crippen molar-refractivity contribution in [3.8, 4) is 0 Å². The number of ether oxygens (including phenoxy) is 1. The van der Waals surface area contributed by atoms with Gasteiger partial charge in [-0.1, -0.05) is 30.3 Å². The van der Waals surface area contributed by atoms with Gasteiger partial charge in [0, 0.05) is 25.7 Å². The number of hydrogen-bond donors (Lipinski definition) is 1. The van der Waals surface area contributed by atoms with Crippen LogP contribution < -0.4 is 0 Å². The summed E-state index contributed by atoms with van der Waals surface area (Å²) in [6.45, 7) is 1.38. The molecule has 0 radical (unpaired) electrons. The predicted molar refractivity (Wildman–Crippen MR) is 88.2 cm³/mol. The first-order chi connectivity index (χ1) is 10.3. The van der Waals surface area contributed by atoms with E-state index < -0.39 is 28.0 Å². The van der Waals surface area contributed by atoms with E-state index in [2.05, 4.69) is 0 Å². The van der Waals surface area contributed by atoms with E-state index in [0.717, 1.165) is 5.56 Å². The molecule has 124 valence electrons. The summed E-state index contributed by atoms with van der Waals surface area (Å²) in [6.07, 6.45) is -0.475. The molecule has 1 aliphatic rings. The Morgan fingerprint density at radius 1 is 1.30 bits per heavy atom. The summed E-state index contributed by atoms with van der Waals surface area (Å²) < 4.78 is 36.3. The molecule has 0 bridgehead atoms. The van der Waals surface area contributed by atoms with Crippen LogP contribution in [0.5, 0.6) is 0 Å². The molecule has 1 saturated heterocycles. The second-order valence-electron chi connectivity index (χ2n) is 5.37. The molecule has 1 aromatic carbocycles. The second-order valence-corrected chi connectivity index (χ2v) is 6.87. The molecule has 1 aromatic rings. The van der Waals surface area contributed by atoms with E-state index in [-0.39, 0.29) is 42.7 Å². The number of piperazine rings is 1. The van der Waals surface area contributed by atoms with Crippen LogP contribution >= 0.6 is 0 Å². The monoisotopic (exact) mass is 352 g/mol. The first-order valence-electron chi connectivity index (χ1n) is 6.96. The Morgan fingerprint density at radius 3 is 2.57 bits per heavy atom. The van der Waals surface area contributed by atoms with Crippen LogP contribution in [-0.2, 0) is 21.5 Å². The van der Waals surface area contributed by atoms with Gasteiger partial charge in [-0.05, 0) is 12.6 Å². The van der Waals surface area contributed by atoms with E-state index in [4.69, 9.17) is 9.29 Å². The summed E-state index contributed by atoms with van der Waals surface area (Å²) >= 11 is 0. The molecular weight excluding hydrogens is 331 g/mol. The zero-order valence-electron chi connectivity index (χ0n) is 12.4. The molecule has 9 heteroatoms. The summed E-state index contributed by atoms with van der Waals surface area (Å²) in [7, 11) is -2.32. The van der Waals surface area contributed by atoms with E-state index in [1.165, 1.54) is 4.90 Å². The minimum atomic E-state index is -4.08. The zero-order valence-corrected chi connectivity index (χ0v) is 13.2. The van der Waals surface area contributed by atoms with Gasteiger partial charge in [0.1, 0.15) is 6.61 Å². The molecule has 1 aliphatic heterocycles. The van der Waals surface area contributed by atoms with Gasteiger partial charge in [0.2, 0.25) is 0 Å². The van der Waals surface area contributed by atoms with Crippen molar-refractivity contribution in [1.29, 1.82) is 0 Å². The molecule has 0 aliphatic carbocycles. The van der Waals surface area contributed by atoms with E-state index in [9.17, 15) is 13.2 Å². The van der Waals surface area contributed by atoms with Gasteiger partial charge < -0.3 is 9.64 Å². The normalized spacial score (nSPS) is 19.0. The Labute approximate surface area is 158 Å². The molecule has 2 rings (SSSR count). The van der Waals surface area contributed by atoms with Gasteiger partial charge in [0.15, 0.2) is 0 Å². The SMILES string of the molecule is CN1CCN(C(=O)OCc2ccccc2)CC1CS(=O)(=O)O.[NaH]. The van der Waals surface area contributed by atoms with E-state index >= 15 is 0 Å². The van der Waals surface area contributed by atoms with Gasteiger partial charge in [-0.15, -0.1) is 0 Å². The van der Waals surface area contributed by atoms with Crippen molar-refractivity contribution < 1.29 is 22.5 Å². The Morgan fingerprint density at radius 2 is 1.96 bits per heavy atom. The minimum absolute atomic E-state index is 0. The van der Waals surface area contributed by atoms with Crippen LogP contribution in [0.4, 0.5) is 4.79 Å². The first kappa shape index (κ1) is 20.4. The van der Waals surface area contributed by atoms with Crippen molar-refractivity contribution in [3.63, 3.8) is 0 Å². The van der Waals surface area contributed by atoms with Gasteiger partial charge in [-0.25, -0.2) is 4.79 Å². The van der Waals surface area contributed by atoms with Crippen LogP contribution in [0, 0.1) is 0 Å². The Kier molecular flexibility index (Phi) is 7.99. The average Bonchev–Trinajstić information content (AvgIpc) is 2.47. The number of carbonyl (C=O) groups is 1. The maximum atomic E-state index is 12.1. The molecule has 0 saturated carbocycles. The van der Waals surface area contributed by atoms with Gasteiger partial charge in [-0.3, -0.25) is 9.45 Å². The number of nitrogens with zero attached hydrogens (tertiary/aromatic N) is 2. The van der Waals surface area contributed by atoms with Crippen LogP contribution in [0.1, 0.15) is 5.56 Å². The fraction of sp³-hybridized carbons (Fsp3) is 0.500. The number of rotatable bonds is 4. The Hall–Kier alpha value is -0.640. The molecule has 1 atom stereocenters. The maximum absolute atomic E-state index is 12.1. The number of carbonyl (C=O) groups excluding carboxylic acids is 1. The van der Waals surface area contributed by atoms with Crippen LogP contribution in [0.15, 0.2) is 30.3 Å². The van der Waals surface area contributed by atoms with Gasteiger partial charge in [0.25, 0.3) is 10.1 Å². The number of hydrogen-bond acceptors (Lipinski definition) is 5. The topological polar surface area (TPSA) is 87.2 Å². The van der Waals surface area contributed by atoms with Gasteiger partial charge in [-0.2, -0.15) is 8.42 Å². The van der Waals surface area contributed by atoms with Crippen LogP contribution in [-0.4, -0.2) is 96.9 Å². The standard InChI is InChI=1S/C14H20N2O5S.Na.H/c1-15-7-8-16(9-13(15)11-22(18,19)20)14(17)21-10-12-5-3-2-4-6-12;;/h2-6,13H,7-11H2,1H3,(H,18,19,20);;. The molecule has 23 heavy (non-hydrogen) atoms. The number of likely N-dealkylation sites (N-methyl/N-ethyl adjacent to an activating group) is 1. The van der Waals surface area contributed by atoms with Crippen molar-refractivity contribution in [2.24, 2.45) is 0 Å². The first-order valence-corrected chi connectivity index (χ1v) is 8.57. The summed E-state index contributed by atoms with van der Waals surface area (Å²) in [6, 6.07) is 8.89. The third kappa shape index (κ3) is 6.78. The molecule has 1 heterocycles. The molecule has 1 fully saturated rings. The Bertz CT molecular complexity index is 611. The molecule has 0 spiro atoms. The summed E-state index contributed by atoms with van der Waals surface area (Å²) in [5.41, 5.74) is 0.888. The quantitative estimate of drug-likeness (QED) is 0.614. The third-order valence-corrected chi connectivity index (χ3v) is 4.45. The van der Waals surface area contributed by atoms with Gasteiger partial charge >= 0.3 is 35.7 Å². The number of amides is 1. The second kappa shape index (κ2) is 9.00. The van der Waals surface area contributed by atoms with E-state index in [1.807, 2.05) is 35.2 Å².